The summed E-state index contributed by atoms with van der Waals surface area (Å²) in [5, 5.41) is 10.1. The standard InChI is InChI=1S/C9H12F3N3OS/c1-8(16)3-2-4-15(5-8)7-13-6(14-17-7)9(10,11)12/h16H,2-5H2,1H3. The molecule has 0 radical (unpaired) electrons. The second-order valence-electron chi connectivity index (χ2n) is 4.42. The maximum Gasteiger partial charge on any atom is 0.452 e. The number of aromatic nitrogens is 2. The first kappa shape index (κ1) is 12.6. The Labute approximate surface area is 100 Å². The Hall–Kier alpha value is -0.890. The molecular formula is C9H12F3N3OS. The molecular weight excluding hydrogens is 255 g/mol. The molecule has 4 nitrogen and oxygen atoms in total. The lowest BCUT2D eigenvalue weighted by Gasteiger charge is -2.36. The monoisotopic (exact) mass is 267 g/mol. The average molecular weight is 267 g/mol. The molecule has 0 bridgehead atoms. The van der Waals surface area contributed by atoms with Crippen LogP contribution in [0.1, 0.15) is 25.6 Å². The maximum atomic E-state index is 12.3. The molecule has 1 N–H and O–H groups in total. The fourth-order valence-corrected chi connectivity index (χ4v) is 2.55. The van der Waals surface area contributed by atoms with Crippen LogP contribution in [0.25, 0.3) is 0 Å². The highest BCUT2D eigenvalue weighted by molar-refractivity contribution is 7.09. The molecule has 1 atom stereocenters. The Morgan fingerprint density at radius 3 is 2.71 bits per heavy atom. The van der Waals surface area contributed by atoms with Crippen molar-refractivity contribution in [1.29, 1.82) is 0 Å². The van der Waals surface area contributed by atoms with Crippen LogP contribution < -0.4 is 4.90 Å². The summed E-state index contributed by atoms with van der Waals surface area (Å²) >= 11 is 0.717. The van der Waals surface area contributed by atoms with Crippen molar-refractivity contribution in [2.45, 2.75) is 31.5 Å². The molecule has 1 aromatic rings. The SMILES string of the molecule is CC1(O)CCCN(c2nc(C(F)(F)F)ns2)C1. The molecule has 1 aliphatic rings. The number of rotatable bonds is 1. The van der Waals surface area contributed by atoms with Gasteiger partial charge in [0.25, 0.3) is 0 Å². The molecule has 1 aliphatic heterocycles. The van der Waals surface area contributed by atoms with Crippen molar-refractivity contribution >= 4 is 16.7 Å². The van der Waals surface area contributed by atoms with E-state index in [0.717, 1.165) is 18.0 Å². The molecule has 8 heteroatoms. The quantitative estimate of drug-likeness (QED) is 0.844. The largest absolute Gasteiger partial charge is 0.452 e. The maximum absolute atomic E-state index is 12.3. The summed E-state index contributed by atoms with van der Waals surface area (Å²) in [6.07, 6.45) is -3.13. The van der Waals surface area contributed by atoms with E-state index in [0.29, 0.717) is 19.5 Å². The van der Waals surface area contributed by atoms with Crippen LogP contribution in [-0.2, 0) is 6.18 Å². The molecule has 1 fully saturated rings. The number of anilines is 1. The van der Waals surface area contributed by atoms with Gasteiger partial charge in [0.05, 0.1) is 5.60 Å². The summed E-state index contributed by atoms with van der Waals surface area (Å²) < 4.78 is 40.3. The van der Waals surface area contributed by atoms with Gasteiger partial charge in [-0.2, -0.15) is 22.5 Å². The topological polar surface area (TPSA) is 49.2 Å². The van der Waals surface area contributed by atoms with Gasteiger partial charge in [0, 0.05) is 24.6 Å². The van der Waals surface area contributed by atoms with Crippen LogP contribution in [0.4, 0.5) is 18.3 Å². The summed E-state index contributed by atoms with van der Waals surface area (Å²) in [4.78, 5) is 5.12. The Kier molecular flexibility index (Phi) is 3.03. The molecule has 2 heterocycles. The third-order valence-corrected chi connectivity index (χ3v) is 3.39. The third-order valence-electron chi connectivity index (χ3n) is 2.61. The number of hydrogen-bond acceptors (Lipinski definition) is 5. The number of piperidine rings is 1. The molecule has 1 unspecified atom stereocenters. The minimum Gasteiger partial charge on any atom is -0.388 e. The molecule has 0 aromatic carbocycles. The van der Waals surface area contributed by atoms with Gasteiger partial charge in [0.15, 0.2) is 0 Å². The van der Waals surface area contributed by atoms with Gasteiger partial charge < -0.3 is 10.0 Å². The van der Waals surface area contributed by atoms with Gasteiger partial charge in [0.1, 0.15) is 0 Å². The van der Waals surface area contributed by atoms with E-state index >= 15 is 0 Å². The van der Waals surface area contributed by atoms with E-state index in [1.165, 1.54) is 0 Å². The number of hydrogen-bond donors (Lipinski definition) is 1. The van der Waals surface area contributed by atoms with Gasteiger partial charge in [-0.25, -0.2) is 0 Å². The van der Waals surface area contributed by atoms with Gasteiger partial charge in [-0.15, -0.1) is 0 Å². The van der Waals surface area contributed by atoms with E-state index in [2.05, 4.69) is 9.36 Å². The van der Waals surface area contributed by atoms with Crippen molar-refractivity contribution in [3.8, 4) is 0 Å². The van der Waals surface area contributed by atoms with E-state index in [4.69, 9.17) is 0 Å². The smallest absolute Gasteiger partial charge is 0.388 e. The van der Waals surface area contributed by atoms with Gasteiger partial charge in [-0.1, -0.05) is 0 Å². The second-order valence-corrected chi connectivity index (χ2v) is 5.15. The Balaban J connectivity index is 2.15. The van der Waals surface area contributed by atoms with Gasteiger partial charge in [-0.3, -0.25) is 0 Å². The zero-order chi connectivity index (χ0) is 12.7. The minimum atomic E-state index is -4.51. The lowest BCUT2D eigenvalue weighted by atomic mass is 9.96. The summed E-state index contributed by atoms with van der Waals surface area (Å²) in [5.74, 6) is -1.11. The van der Waals surface area contributed by atoms with Crippen molar-refractivity contribution in [3.05, 3.63) is 5.82 Å². The van der Waals surface area contributed by atoms with Gasteiger partial charge in [0.2, 0.25) is 11.0 Å². The highest BCUT2D eigenvalue weighted by atomic mass is 32.1. The van der Waals surface area contributed by atoms with Crippen molar-refractivity contribution in [2.24, 2.45) is 0 Å². The zero-order valence-corrected chi connectivity index (χ0v) is 9.98. The predicted octanol–water partition coefficient (Wildman–Crippen LogP) is 1.91. The number of nitrogens with zero attached hydrogens (tertiary/aromatic N) is 3. The molecule has 0 aliphatic carbocycles. The highest BCUT2D eigenvalue weighted by Gasteiger charge is 2.37. The summed E-state index contributed by atoms with van der Waals surface area (Å²) in [6, 6.07) is 0. The second kappa shape index (κ2) is 4.09. The van der Waals surface area contributed by atoms with E-state index in [-0.39, 0.29) is 5.13 Å². The molecule has 0 spiro atoms. The highest BCUT2D eigenvalue weighted by Crippen LogP contribution is 2.32. The van der Waals surface area contributed by atoms with Crippen molar-refractivity contribution in [3.63, 3.8) is 0 Å². The molecule has 1 aromatic heterocycles. The first-order valence-corrected chi connectivity index (χ1v) is 5.93. The third kappa shape index (κ3) is 2.86. The fourth-order valence-electron chi connectivity index (χ4n) is 1.84. The van der Waals surface area contributed by atoms with Crippen LogP contribution in [0.15, 0.2) is 0 Å². The fraction of sp³-hybridized carbons (Fsp3) is 0.778. The van der Waals surface area contributed by atoms with E-state index in [1.807, 2.05) is 0 Å². The average Bonchev–Trinajstić information content (AvgIpc) is 2.63. The van der Waals surface area contributed by atoms with Gasteiger partial charge >= 0.3 is 6.18 Å². The zero-order valence-electron chi connectivity index (χ0n) is 9.16. The van der Waals surface area contributed by atoms with Crippen molar-refractivity contribution in [1.82, 2.24) is 9.36 Å². The first-order valence-electron chi connectivity index (χ1n) is 5.16. The predicted molar refractivity (Wildman–Crippen MR) is 57.0 cm³/mol. The Morgan fingerprint density at radius 1 is 1.47 bits per heavy atom. The van der Waals surface area contributed by atoms with Crippen LogP contribution in [-0.4, -0.2) is 33.2 Å². The number of aliphatic hydroxyl groups is 1. The Bertz CT molecular complexity index is 404. The van der Waals surface area contributed by atoms with E-state index < -0.39 is 17.6 Å². The van der Waals surface area contributed by atoms with E-state index in [1.54, 1.807) is 11.8 Å². The molecule has 17 heavy (non-hydrogen) atoms. The van der Waals surface area contributed by atoms with Crippen molar-refractivity contribution in [2.75, 3.05) is 18.0 Å². The Morgan fingerprint density at radius 2 is 2.18 bits per heavy atom. The molecule has 0 saturated carbocycles. The number of halogens is 3. The lowest BCUT2D eigenvalue weighted by Crippen LogP contribution is -2.46. The van der Waals surface area contributed by atoms with Crippen molar-refractivity contribution < 1.29 is 18.3 Å². The molecule has 1 saturated heterocycles. The summed E-state index contributed by atoms with van der Waals surface area (Å²) in [7, 11) is 0. The lowest BCUT2D eigenvalue weighted by molar-refractivity contribution is -0.144. The molecule has 0 amide bonds. The van der Waals surface area contributed by atoms with Crippen LogP contribution in [0.3, 0.4) is 0 Å². The van der Waals surface area contributed by atoms with Crippen LogP contribution in [0, 0.1) is 0 Å². The minimum absolute atomic E-state index is 0.220. The van der Waals surface area contributed by atoms with Gasteiger partial charge in [-0.05, 0) is 19.8 Å². The summed E-state index contributed by atoms with van der Waals surface area (Å²) in [5.41, 5.74) is -0.873. The van der Waals surface area contributed by atoms with Crippen LogP contribution in [0.5, 0.6) is 0 Å². The number of alkyl halides is 3. The summed E-state index contributed by atoms with van der Waals surface area (Å²) in [6.45, 7) is 2.56. The van der Waals surface area contributed by atoms with Crippen LogP contribution >= 0.6 is 11.5 Å². The van der Waals surface area contributed by atoms with E-state index in [9.17, 15) is 18.3 Å². The molecule has 2 rings (SSSR count). The first-order chi connectivity index (χ1) is 7.78. The number of β-amino-alcohol motifs (C(OH)–C–C–N with tert-alkyl or cyclic N) is 1. The molecule has 96 valence electrons. The van der Waals surface area contributed by atoms with Crippen LogP contribution in [0.2, 0.25) is 0 Å². The normalized spacial score (nSPS) is 26.3.